The Balaban J connectivity index is 2.28. The van der Waals surface area contributed by atoms with Gasteiger partial charge >= 0.3 is 6.18 Å². The molecule has 1 aliphatic carbocycles. The van der Waals surface area contributed by atoms with Gasteiger partial charge in [-0.2, -0.15) is 13.2 Å². The first kappa shape index (κ1) is 15.4. The molecule has 0 saturated heterocycles. The van der Waals surface area contributed by atoms with E-state index >= 15 is 0 Å². The summed E-state index contributed by atoms with van der Waals surface area (Å²) in [5, 5.41) is 0. The molecule has 1 heterocycles. The summed E-state index contributed by atoms with van der Waals surface area (Å²) in [4.78, 5) is 13.4. The van der Waals surface area contributed by atoms with Crippen molar-refractivity contribution in [3.8, 4) is 0 Å². The van der Waals surface area contributed by atoms with Crippen LogP contribution in [0.2, 0.25) is 0 Å². The second-order valence-electron chi connectivity index (χ2n) is 5.32. The van der Waals surface area contributed by atoms with Crippen LogP contribution < -0.4 is 0 Å². The van der Waals surface area contributed by atoms with Crippen LogP contribution in [0.4, 0.5) is 13.2 Å². The Morgan fingerprint density at radius 1 is 1.50 bits per heavy atom. The van der Waals surface area contributed by atoms with Gasteiger partial charge in [-0.25, -0.2) is 0 Å². The number of carbonyl (C=O) groups excluding carboxylic acids is 1. The number of nitrogens with zero attached hydrogens (tertiary/aromatic N) is 2. The lowest BCUT2D eigenvalue weighted by molar-refractivity contribution is -0.141. The lowest BCUT2D eigenvalue weighted by Crippen LogP contribution is -2.41. The highest BCUT2D eigenvalue weighted by Crippen LogP contribution is 2.32. The summed E-state index contributed by atoms with van der Waals surface area (Å²) >= 11 is 3.27. The van der Waals surface area contributed by atoms with Crippen LogP contribution in [0.1, 0.15) is 43.2 Å². The molecule has 0 aromatic carbocycles. The van der Waals surface area contributed by atoms with Crippen LogP contribution in [0.3, 0.4) is 0 Å². The monoisotopic (exact) mass is 352 g/mol. The number of amides is 1. The molecule has 1 aliphatic rings. The summed E-state index contributed by atoms with van der Waals surface area (Å²) in [6, 6.07) is 1.30. The summed E-state index contributed by atoms with van der Waals surface area (Å²) in [5.74, 6) is -0.552. The molecule has 0 aliphatic heterocycles. The maximum Gasteiger partial charge on any atom is 0.406 e. The number of alkyl halides is 3. The van der Waals surface area contributed by atoms with E-state index in [1.165, 1.54) is 0 Å². The number of carbonyl (C=O) groups is 1. The summed E-state index contributed by atoms with van der Waals surface area (Å²) in [6.07, 6.45) is -1.36. The zero-order chi connectivity index (χ0) is 15.1. The quantitative estimate of drug-likeness (QED) is 0.803. The first-order valence-electron chi connectivity index (χ1n) is 6.44. The third-order valence-electron chi connectivity index (χ3n) is 3.19. The van der Waals surface area contributed by atoms with Crippen molar-refractivity contribution in [3.63, 3.8) is 0 Å². The number of rotatable bonds is 4. The highest BCUT2D eigenvalue weighted by atomic mass is 79.9. The van der Waals surface area contributed by atoms with Gasteiger partial charge in [-0.3, -0.25) is 4.79 Å². The van der Waals surface area contributed by atoms with Gasteiger partial charge in [-0.15, -0.1) is 0 Å². The summed E-state index contributed by atoms with van der Waals surface area (Å²) in [7, 11) is 0. The van der Waals surface area contributed by atoms with Crippen LogP contribution in [0, 0.1) is 0 Å². The third-order valence-corrected chi connectivity index (χ3v) is 3.62. The SMILES string of the molecule is CC(C)n1cc(Br)cc1C(=O)N(CC(F)(F)F)C1CC1. The van der Waals surface area contributed by atoms with Gasteiger partial charge in [-0.05, 0) is 48.7 Å². The van der Waals surface area contributed by atoms with Crippen LogP contribution in [0.15, 0.2) is 16.7 Å². The van der Waals surface area contributed by atoms with Gasteiger partial charge in [0.1, 0.15) is 12.2 Å². The van der Waals surface area contributed by atoms with E-state index in [4.69, 9.17) is 0 Å². The molecule has 3 nitrogen and oxygen atoms in total. The summed E-state index contributed by atoms with van der Waals surface area (Å²) in [5.41, 5.74) is 0.294. The van der Waals surface area contributed by atoms with Crippen molar-refractivity contribution < 1.29 is 18.0 Å². The molecular formula is C13H16BrF3N2O. The molecule has 0 bridgehead atoms. The minimum absolute atomic E-state index is 0.00666. The molecule has 0 atom stereocenters. The van der Waals surface area contributed by atoms with E-state index < -0.39 is 18.6 Å². The topological polar surface area (TPSA) is 25.2 Å². The molecule has 2 rings (SSSR count). The second-order valence-corrected chi connectivity index (χ2v) is 6.24. The average Bonchev–Trinajstić information content (AvgIpc) is 3.06. The Hall–Kier alpha value is -0.980. The standard InChI is InChI=1S/C13H16BrF3N2O/c1-8(2)18-6-9(14)5-11(18)12(20)19(10-3-4-10)7-13(15,16)17/h5-6,8,10H,3-4,7H2,1-2H3. The van der Waals surface area contributed by atoms with E-state index in [9.17, 15) is 18.0 Å². The van der Waals surface area contributed by atoms with Gasteiger partial charge in [0.15, 0.2) is 0 Å². The second kappa shape index (κ2) is 5.42. The van der Waals surface area contributed by atoms with Crippen molar-refractivity contribution >= 4 is 21.8 Å². The minimum atomic E-state index is -4.37. The van der Waals surface area contributed by atoms with Crippen LogP contribution in [0.5, 0.6) is 0 Å². The predicted molar refractivity (Wildman–Crippen MR) is 72.6 cm³/mol. The van der Waals surface area contributed by atoms with Crippen LogP contribution >= 0.6 is 15.9 Å². The maximum absolute atomic E-state index is 12.6. The van der Waals surface area contributed by atoms with Crippen LogP contribution in [0.25, 0.3) is 0 Å². The summed E-state index contributed by atoms with van der Waals surface area (Å²) < 4.78 is 40.3. The lowest BCUT2D eigenvalue weighted by atomic mass is 10.3. The molecule has 1 saturated carbocycles. The smallest absolute Gasteiger partial charge is 0.340 e. The predicted octanol–water partition coefficient (Wildman–Crippen LogP) is 4.00. The van der Waals surface area contributed by atoms with Crippen molar-refractivity contribution in [2.45, 2.75) is 44.9 Å². The Morgan fingerprint density at radius 2 is 2.10 bits per heavy atom. The zero-order valence-corrected chi connectivity index (χ0v) is 12.8. The van der Waals surface area contributed by atoms with Gasteiger partial charge in [0.2, 0.25) is 0 Å². The molecule has 1 aromatic rings. The molecule has 20 heavy (non-hydrogen) atoms. The average molecular weight is 353 g/mol. The molecule has 1 fully saturated rings. The fourth-order valence-corrected chi connectivity index (χ4v) is 2.57. The molecule has 7 heteroatoms. The van der Waals surface area contributed by atoms with Crippen LogP contribution in [-0.2, 0) is 0 Å². The summed E-state index contributed by atoms with van der Waals surface area (Å²) in [6.45, 7) is 2.58. The van der Waals surface area contributed by atoms with Gasteiger partial charge < -0.3 is 9.47 Å². The van der Waals surface area contributed by atoms with Crippen molar-refractivity contribution in [2.75, 3.05) is 6.54 Å². The van der Waals surface area contributed by atoms with Crippen molar-refractivity contribution in [1.29, 1.82) is 0 Å². The minimum Gasteiger partial charge on any atom is -0.340 e. The maximum atomic E-state index is 12.6. The highest BCUT2D eigenvalue weighted by Gasteiger charge is 2.41. The third kappa shape index (κ3) is 3.56. The lowest BCUT2D eigenvalue weighted by Gasteiger charge is -2.25. The Bertz CT molecular complexity index is 506. The van der Waals surface area contributed by atoms with Gasteiger partial charge in [-0.1, -0.05) is 0 Å². The van der Waals surface area contributed by atoms with E-state index in [-0.39, 0.29) is 12.1 Å². The number of aromatic nitrogens is 1. The largest absolute Gasteiger partial charge is 0.406 e. The molecule has 1 aromatic heterocycles. The van der Waals surface area contributed by atoms with Gasteiger partial charge in [0, 0.05) is 22.8 Å². The van der Waals surface area contributed by atoms with E-state index in [1.54, 1.807) is 16.8 Å². The van der Waals surface area contributed by atoms with Crippen molar-refractivity contribution in [2.24, 2.45) is 0 Å². The highest BCUT2D eigenvalue weighted by molar-refractivity contribution is 9.10. The van der Waals surface area contributed by atoms with Gasteiger partial charge in [0.05, 0.1) is 0 Å². The molecular weight excluding hydrogens is 337 g/mol. The molecule has 0 unspecified atom stereocenters. The Morgan fingerprint density at radius 3 is 2.55 bits per heavy atom. The Labute approximate surface area is 123 Å². The van der Waals surface area contributed by atoms with Crippen LogP contribution in [-0.4, -0.2) is 34.1 Å². The molecule has 0 N–H and O–H groups in total. The van der Waals surface area contributed by atoms with E-state index in [2.05, 4.69) is 15.9 Å². The number of hydrogen-bond acceptors (Lipinski definition) is 1. The first-order valence-corrected chi connectivity index (χ1v) is 7.23. The van der Waals surface area contributed by atoms with Crippen molar-refractivity contribution in [1.82, 2.24) is 9.47 Å². The molecule has 0 spiro atoms. The first-order chi connectivity index (χ1) is 9.19. The molecule has 112 valence electrons. The van der Waals surface area contributed by atoms with E-state index in [0.717, 1.165) is 4.90 Å². The van der Waals surface area contributed by atoms with Crippen molar-refractivity contribution in [3.05, 3.63) is 22.4 Å². The number of hydrogen-bond donors (Lipinski definition) is 0. The zero-order valence-electron chi connectivity index (χ0n) is 11.2. The fourth-order valence-electron chi connectivity index (χ4n) is 2.14. The number of halogens is 4. The van der Waals surface area contributed by atoms with Gasteiger partial charge in [0.25, 0.3) is 5.91 Å². The molecule has 1 amide bonds. The normalized spacial score (nSPS) is 15.8. The fraction of sp³-hybridized carbons (Fsp3) is 0.615. The van der Waals surface area contributed by atoms with E-state index in [1.807, 2.05) is 13.8 Å². The Kier molecular flexibility index (Phi) is 4.18. The van der Waals surface area contributed by atoms with E-state index in [0.29, 0.717) is 23.0 Å². The molecule has 0 radical (unpaired) electrons.